The maximum Gasteiger partial charge on any atom is 0.488 e. The fourth-order valence-corrected chi connectivity index (χ4v) is 1.60. The lowest BCUT2D eigenvalue weighted by Crippen LogP contribution is -2.30. The predicted octanol–water partition coefficient (Wildman–Crippen LogP) is 0.758. The summed E-state index contributed by atoms with van der Waals surface area (Å²) in [5, 5.41) is 20.3. The van der Waals surface area contributed by atoms with Crippen LogP contribution in [0, 0.1) is 5.82 Å². The summed E-state index contributed by atoms with van der Waals surface area (Å²) in [6, 6.07) is 12.1. The molecule has 4 nitrogen and oxygen atoms in total. The Kier molecular flexibility index (Phi) is 3.94. The molecule has 2 aromatic carbocycles. The summed E-state index contributed by atoms with van der Waals surface area (Å²) >= 11 is 0. The molecule has 0 fully saturated rings. The Morgan fingerprint density at radius 2 is 1.79 bits per heavy atom. The minimum absolute atomic E-state index is 0.00578. The van der Waals surface area contributed by atoms with Crippen molar-refractivity contribution in [1.29, 1.82) is 0 Å². The van der Waals surface area contributed by atoms with Crippen LogP contribution in [-0.4, -0.2) is 23.1 Å². The van der Waals surface area contributed by atoms with Crippen LogP contribution in [0.1, 0.15) is 10.4 Å². The molecule has 19 heavy (non-hydrogen) atoms. The number of nitrogens with one attached hydrogen (secondary N) is 1. The van der Waals surface area contributed by atoms with Crippen molar-refractivity contribution in [2.45, 2.75) is 0 Å². The van der Waals surface area contributed by atoms with E-state index in [0.29, 0.717) is 5.69 Å². The molecule has 0 unspecified atom stereocenters. The predicted molar refractivity (Wildman–Crippen MR) is 70.6 cm³/mol. The molecular formula is C13H11BFNO3. The number of amides is 1. The first-order chi connectivity index (χ1) is 9.08. The molecule has 2 aromatic rings. The van der Waals surface area contributed by atoms with Crippen molar-refractivity contribution in [2.75, 3.05) is 5.32 Å². The molecule has 0 saturated heterocycles. The molecule has 0 spiro atoms. The summed E-state index contributed by atoms with van der Waals surface area (Å²) in [5.41, 5.74) is 0.389. The van der Waals surface area contributed by atoms with E-state index in [1.807, 2.05) is 0 Å². The second-order valence-electron chi connectivity index (χ2n) is 3.93. The largest absolute Gasteiger partial charge is 0.488 e. The zero-order chi connectivity index (χ0) is 13.8. The zero-order valence-electron chi connectivity index (χ0n) is 9.88. The lowest BCUT2D eigenvalue weighted by Gasteiger charge is -2.07. The van der Waals surface area contributed by atoms with Crippen LogP contribution >= 0.6 is 0 Å². The summed E-state index contributed by atoms with van der Waals surface area (Å²) in [4.78, 5) is 11.8. The molecule has 6 heteroatoms. The summed E-state index contributed by atoms with van der Waals surface area (Å²) in [7, 11) is -1.76. The Hall–Kier alpha value is -2.18. The molecule has 0 radical (unpaired) electrons. The molecule has 0 aliphatic carbocycles. The van der Waals surface area contributed by atoms with Gasteiger partial charge in [-0.1, -0.05) is 24.3 Å². The number of para-hydroxylation sites is 1. The van der Waals surface area contributed by atoms with Gasteiger partial charge in [0.2, 0.25) is 0 Å². The minimum atomic E-state index is -1.76. The van der Waals surface area contributed by atoms with Gasteiger partial charge in [0, 0.05) is 5.69 Å². The van der Waals surface area contributed by atoms with Crippen LogP contribution in [0.4, 0.5) is 10.1 Å². The first-order valence-corrected chi connectivity index (χ1v) is 5.60. The fraction of sp³-hybridized carbons (Fsp3) is 0. The van der Waals surface area contributed by atoms with Crippen molar-refractivity contribution in [3.8, 4) is 0 Å². The average Bonchev–Trinajstić information content (AvgIpc) is 2.39. The summed E-state index contributed by atoms with van der Waals surface area (Å²) in [5.74, 6) is -1.40. The Morgan fingerprint density at radius 1 is 1.11 bits per heavy atom. The number of anilines is 1. The highest BCUT2D eigenvalue weighted by Gasteiger charge is 2.17. The molecule has 3 N–H and O–H groups in total. The van der Waals surface area contributed by atoms with Gasteiger partial charge in [-0.3, -0.25) is 4.79 Å². The topological polar surface area (TPSA) is 69.6 Å². The Balaban J connectivity index is 2.20. The fourth-order valence-electron chi connectivity index (χ4n) is 1.60. The molecule has 0 heterocycles. The number of carbonyl (C=O) groups is 1. The summed E-state index contributed by atoms with van der Waals surface area (Å²) in [6.07, 6.45) is 0. The number of hydrogen-bond donors (Lipinski definition) is 3. The maximum absolute atomic E-state index is 13.7. The van der Waals surface area contributed by atoms with E-state index in [2.05, 4.69) is 5.32 Å². The number of benzene rings is 2. The quantitative estimate of drug-likeness (QED) is 0.712. The molecule has 0 aliphatic heterocycles. The van der Waals surface area contributed by atoms with Gasteiger partial charge in [0.25, 0.3) is 5.91 Å². The Morgan fingerprint density at radius 3 is 2.37 bits per heavy atom. The molecule has 0 bridgehead atoms. The number of halogens is 1. The maximum atomic E-state index is 13.7. The van der Waals surface area contributed by atoms with E-state index < -0.39 is 18.8 Å². The van der Waals surface area contributed by atoms with Gasteiger partial charge in [-0.25, -0.2) is 4.39 Å². The van der Waals surface area contributed by atoms with Gasteiger partial charge in [0.15, 0.2) is 0 Å². The molecule has 96 valence electrons. The smallest absolute Gasteiger partial charge is 0.423 e. The van der Waals surface area contributed by atoms with E-state index in [1.165, 1.54) is 12.1 Å². The zero-order valence-corrected chi connectivity index (χ0v) is 9.88. The van der Waals surface area contributed by atoms with Crippen molar-refractivity contribution in [3.05, 3.63) is 59.9 Å². The van der Waals surface area contributed by atoms with Crippen LogP contribution in [0.2, 0.25) is 0 Å². The number of carbonyl (C=O) groups excluding carboxylic acids is 1. The van der Waals surface area contributed by atoms with Gasteiger partial charge >= 0.3 is 7.12 Å². The highest BCUT2D eigenvalue weighted by atomic mass is 19.1. The van der Waals surface area contributed by atoms with Crippen molar-refractivity contribution in [1.82, 2.24) is 0 Å². The van der Waals surface area contributed by atoms with Crippen molar-refractivity contribution in [3.63, 3.8) is 0 Å². The van der Waals surface area contributed by atoms with Crippen LogP contribution < -0.4 is 10.8 Å². The lowest BCUT2D eigenvalue weighted by atomic mass is 9.80. The van der Waals surface area contributed by atoms with Gasteiger partial charge in [-0.2, -0.15) is 0 Å². The Bertz CT molecular complexity index is 590. The second kappa shape index (κ2) is 5.64. The normalized spacial score (nSPS) is 10.1. The first-order valence-electron chi connectivity index (χ1n) is 5.60. The highest BCUT2D eigenvalue weighted by molar-refractivity contribution is 6.58. The summed E-state index contributed by atoms with van der Waals surface area (Å²) in [6.45, 7) is 0. The van der Waals surface area contributed by atoms with Crippen LogP contribution in [-0.2, 0) is 0 Å². The van der Waals surface area contributed by atoms with Crippen LogP contribution in [0.15, 0.2) is 48.5 Å². The molecule has 1 amide bonds. The third kappa shape index (κ3) is 3.18. The van der Waals surface area contributed by atoms with Gasteiger partial charge in [-0.15, -0.1) is 0 Å². The van der Waals surface area contributed by atoms with E-state index in [4.69, 9.17) is 10.0 Å². The SMILES string of the molecule is O=C(Nc1ccccc1)c1ccc(B(O)O)cc1F. The van der Waals surface area contributed by atoms with Gasteiger partial charge in [0.05, 0.1) is 5.56 Å². The molecule has 0 aromatic heterocycles. The average molecular weight is 259 g/mol. The molecule has 0 aliphatic rings. The van der Waals surface area contributed by atoms with Gasteiger partial charge in [-0.05, 0) is 29.7 Å². The number of hydrogen-bond acceptors (Lipinski definition) is 3. The van der Waals surface area contributed by atoms with Crippen molar-refractivity contribution >= 4 is 24.2 Å². The second-order valence-corrected chi connectivity index (χ2v) is 3.93. The lowest BCUT2D eigenvalue weighted by molar-refractivity contribution is 0.102. The van der Waals surface area contributed by atoms with Crippen LogP contribution in [0.5, 0.6) is 0 Å². The number of rotatable bonds is 3. The first kappa shape index (κ1) is 13.3. The van der Waals surface area contributed by atoms with E-state index in [0.717, 1.165) is 6.07 Å². The third-order valence-corrected chi connectivity index (χ3v) is 2.57. The van der Waals surface area contributed by atoms with Crippen LogP contribution in [0.25, 0.3) is 0 Å². The monoisotopic (exact) mass is 259 g/mol. The molecule has 0 atom stereocenters. The molecule has 2 rings (SSSR count). The van der Waals surface area contributed by atoms with E-state index >= 15 is 0 Å². The van der Waals surface area contributed by atoms with Crippen molar-refractivity contribution < 1.29 is 19.2 Å². The van der Waals surface area contributed by atoms with Gasteiger partial charge in [0.1, 0.15) is 5.82 Å². The van der Waals surface area contributed by atoms with Gasteiger partial charge < -0.3 is 15.4 Å². The summed E-state index contributed by atoms with van der Waals surface area (Å²) < 4.78 is 13.7. The van der Waals surface area contributed by atoms with E-state index in [-0.39, 0.29) is 11.0 Å². The van der Waals surface area contributed by atoms with E-state index in [1.54, 1.807) is 30.3 Å². The third-order valence-electron chi connectivity index (χ3n) is 2.57. The molecular weight excluding hydrogens is 248 g/mol. The Labute approximate surface area is 109 Å². The molecule has 0 saturated carbocycles. The minimum Gasteiger partial charge on any atom is -0.423 e. The van der Waals surface area contributed by atoms with Crippen molar-refractivity contribution in [2.24, 2.45) is 0 Å². The van der Waals surface area contributed by atoms with E-state index in [9.17, 15) is 9.18 Å². The highest BCUT2D eigenvalue weighted by Crippen LogP contribution is 2.10. The van der Waals surface area contributed by atoms with Crippen LogP contribution in [0.3, 0.4) is 0 Å². The standard InChI is InChI=1S/C13H11BFNO3/c15-12-8-9(14(18)19)6-7-11(12)13(17)16-10-4-2-1-3-5-10/h1-8,18-19H,(H,16,17).